The van der Waals surface area contributed by atoms with Gasteiger partial charge in [-0.05, 0) is 19.9 Å². The molecule has 0 radical (unpaired) electrons. The van der Waals surface area contributed by atoms with Gasteiger partial charge in [0.25, 0.3) is 0 Å². The number of rotatable bonds is 5. The van der Waals surface area contributed by atoms with E-state index in [1.165, 1.54) is 11.8 Å². The number of amides is 1. The van der Waals surface area contributed by atoms with Gasteiger partial charge in [-0.25, -0.2) is 0 Å². The summed E-state index contributed by atoms with van der Waals surface area (Å²) in [6, 6.07) is -0.309. The Morgan fingerprint density at radius 3 is 2.14 bits per heavy atom. The number of hydrogen-bond donors (Lipinski definition) is 1. The van der Waals surface area contributed by atoms with Crippen molar-refractivity contribution in [2.24, 2.45) is 5.92 Å². The third-order valence-corrected chi connectivity index (χ3v) is 2.19. The third-order valence-electron chi connectivity index (χ3n) is 2.19. The zero-order valence-corrected chi connectivity index (χ0v) is 9.63. The second-order valence-corrected chi connectivity index (χ2v) is 3.83. The fourth-order valence-electron chi connectivity index (χ4n) is 1.62. The largest absolute Gasteiger partial charge is 0.334 e. The van der Waals surface area contributed by atoms with Crippen molar-refractivity contribution < 1.29 is 9.59 Å². The molecule has 0 fully saturated rings. The Kier molecular flexibility index (Phi) is 5.38. The van der Waals surface area contributed by atoms with E-state index < -0.39 is 0 Å². The first-order chi connectivity index (χ1) is 6.41. The van der Waals surface area contributed by atoms with Gasteiger partial charge in [0.2, 0.25) is 5.91 Å². The van der Waals surface area contributed by atoms with E-state index in [9.17, 15) is 9.59 Å². The van der Waals surface area contributed by atoms with Crippen LogP contribution in [0.15, 0.2) is 0 Å². The molecule has 0 saturated carbocycles. The maximum absolute atomic E-state index is 11.5. The van der Waals surface area contributed by atoms with Crippen molar-refractivity contribution in [3.8, 4) is 0 Å². The summed E-state index contributed by atoms with van der Waals surface area (Å²) in [6.07, 6.45) is 0. The van der Waals surface area contributed by atoms with E-state index in [1.807, 2.05) is 13.8 Å². The predicted molar refractivity (Wildman–Crippen MR) is 56.0 cm³/mol. The van der Waals surface area contributed by atoms with Crippen LogP contribution in [0, 0.1) is 5.92 Å². The Morgan fingerprint density at radius 2 is 1.86 bits per heavy atom. The first-order valence-corrected chi connectivity index (χ1v) is 4.82. The second-order valence-electron chi connectivity index (χ2n) is 3.83. The second kappa shape index (κ2) is 5.75. The third kappa shape index (κ3) is 3.46. The van der Waals surface area contributed by atoms with Crippen LogP contribution in [0.3, 0.4) is 0 Å². The highest BCUT2D eigenvalue weighted by molar-refractivity contribution is 5.88. The molecule has 14 heavy (non-hydrogen) atoms. The van der Waals surface area contributed by atoms with Gasteiger partial charge in [-0.3, -0.25) is 9.59 Å². The summed E-state index contributed by atoms with van der Waals surface area (Å²) in [5, 5.41) is 2.78. The molecule has 82 valence electrons. The van der Waals surface area contributed by atoms with E-state index in [0.717, 1.165) is 0 Å². The fraction of sp³-hybridized carbons (Fsp3) is 0.800. The van der Waals surface area contributed by atoms with E-state index in [0.29, 0.717) is 0 Å². The average molecular weight is 200 g/mol. The molecule has 4 nitrogen and oxygen atoms in total. The number of nitrogens with one attached hydrogen (secondary N) is 1. The monoisotopic (exact) mass is 200 g/mol. The molecule has 0 aromatic rings. The number of Topliss-reactive ketones (excluding diaryl/α,β-unsaturated/α-hetero) is 1. The molecule has 0 saturated heterocycles. The zero-order valence-electron chi connectivity index (χ0n) is 9.63. The summed E-state index contributed by atoms with van der Waals surface area (Å²) in [4.78, 5) is 24.3. The minimum absolute atomic E-state index is 0.0342. The standard InChI is InChI=1S/C10H20N2O2/c1-7(2)10(8(3)13)12(5)9(14)6-11-4/h7,10-11H,6H2,1-5H3/t10-/m0/s1. The highest BCUT2D eigenvalue weighted by Crippen LogP contribution is 2.10. The quantitative estimate of drug-likeness (QED) is 0.693. The van der Waals surface area contributed by atoms with Gasteiger partial charge in [-0.2, -0.15) is 0 Å². The molecule has 0 unspecified atom stereocenters. The molecule has 0 rings (SSSR count). The van der Waals surface area contributed by atoms with E-state index >= 15 is 0 Å². The van der Waals surface area contributed by atoms with Crippen molar-refractivity contribution in [1.29, 1.82) is 0 Å². The SMILES string of the molecule is CNCC(=O)N(C)[C@H](C(C)=O)C(C)C. The molecule has 0 aromatic carbocycles. The van der Waals surface area contributed by atoms with Crippen molar-refractivity contribution in [2.45, 2.75) is 26.8 Å². The molecule has 1 atom stereocenters. The minimum Gasteiger partial charge on any atom is -0.334 e. The smallest absolute Gasteiger partial charge is 0.236 e. The van der Waals surface area contributed by atoms with Gasteiger partial charge < -0.3 is 10.2 Å². The van der Waals surface area contributed by atoms with Gasteiger partial charge in [0.05, 0.1) is 12.6 Å². The number of carbonyl (C=O) groups excluding carboxylic acids is 2. The molecule has 0 heterocycles. The van der Waals surface area contributed by atoms with Gasteiger partial charge in [-0.15, -0.1) is 0 Å². The predicted octanol–water partition coefficient (Wildman–Crippen LogP) is 0.278. The van der Waals surface area contributed by atoms with Crippen molar-refractivity contribution in [3.05, 3.63) is 0 Å². The topological polar surface area (TPSA) is 49.4 Å². The van der Waals surface area contributed by atoms with Crippen LogP contribution in [0.4, 0.5) is 0 Å². The molecule has 0 aliphatic heterocycles. The van der Waals surface area contributed by atoms with Crippen LogP contribution in [-0.2, 0) is 9.59 Å². The lowest BCUT2D eigenvalue weighted by molar-refractivity contribution is -0.138. The highest BCUT2D eigenvalue weighted by atomic mass is 16.2. The van der Waals surface area contributed by atoms with E-state index in [4.69, 9.17) is 0 Å². The number of hydrogen-bond acceptors (Lipinski definition) is 3. The molecule has 0 aromatic heterocycles. The van der Waals surface area contributed by atoms with Crippen molar-refractivity contribution in [2.75, 3.05) is 20.6 Å². The normalized spacial score (nSPS) is 12.7. The molecule has 0 bridgehead atoms. The molecule has 0 spiro atoms. The molecule has 1 amide bonds. The molecular formula is C10H20N2O2. The fourth-order valence-corrected chi connectivity index (χ4v) is 1.62. The summed E-state index contributed by atoms with van der Waals surface area (Å²) in [6.45, 7) is 5.67. The van der Waals surface area contributed by atoms with Crippen molar-refractivity contribution in [3.63, 3.8) is 0 Å². The maximum atomic E-state index is 11.5. The lowest BCUT2D eigenvalue weighted by atomic mass is 9.99. The zero-order chi connectivity index (χ0) is 11.3. The molecule has 1 N–H and O–H groups in total. The van der Waals surface area contributed by atoms with E-state index in [2.05, 4.69) is 5.32 Å². The van der Waals surface area contributed by atoms with Crippen LogP contribution < -0.4 is 5.32 Å². The van der Waals surface area contributed by atoms with Crippen molar-refractivity contribution >= 4 is 11.7 Å². The molecule has 0 aliphatic carbocycles. The first kappa shape index (κ1) is 13.1. The minimum atomic E-state index is -0.309. The lowest BCUT2D eigenvalue weighted by Crippen LogP contribution is -2.47. The van der Waals surface area contributed by atoms with Gasteiger partial charge in [0.1, 0.15) is 0 Å². The number of ketones is 1. The summed E-state index contributed by atoms with van der Waals surface area (Å²) in [5.41, 5.74) is 0. The molecular weight excluding hydrogens is 180 g/mol. The summed E-state index contributed by atoms with van der Waals surface area (Å²) in [5.74, 6) is 0.131. The van der Waals surface area contributed by atoms with Gasteiger partial charge >= 0.3 is 0 Å². The Morgan fingerprint density at radius 1 is 1.36 bits per heavy atom. The van der Waals surface area contributed by atoms with E-state index in [1.54, 1.807) is 14.1 Å². The van der Waals surface area contributed by atoms with Crippen LogP contribution in [0.2, 0.25) is 0 Å². The maximum Gasteiger partial charge on any atom is 0.236 e. The first-order valence-electron chi connectivity index (χ1n) is 4.82. The highest BCUT2D eigenvalue weighted by Gasteiger charge is 2.26. The van der Waals surface area contributed by atoms with Crippen LogP contribution in [0.25, 0.3) is 0 Å². The van der Waals surface area contributed by atoms with E-state index in [-0.39, 0.29) is 30.2 Å². The van der Waals surface area contributed by atoms with Crippen LogP contribution >= 0.6 is 0 Å². The number of nitrogens with zero attached hydrogens (tertiary/aromatic N) is 1. The van der Waals surface area contributed by atoms with Crippen LogP contribution in [0.1, 0.15) is 20.8 Å². The van der Waals surface area contributed by atoms with Gasteiger partial charge in [0.15, 0.2) is 5.78 Å². The molecule has 0 aliphatic rings. The molecule has 4 heteroatoms. The number of likely N-dealkylation sites (N-methyl/N-ethyl adjacent to an activating group) is 2. The average Bonchev–Trinajstić information content (AvgIpc) is 2.03. The van der Waals surface area contributed by atoms with Gasteiger partial charge in [0, 0.05) is 7.05 Å². The Bertz CT molecular complexity index is 214. The Balaban J connectivity index is 4.51. The van der Waals surface area contributed by atoms with Crippen molar-refractivity contribution in [1.82, 2.24) is 10.2 Å². The summed E-state index contributed by atoms with van der Waals surface area (Å²) >= 11 is 0. The lowest BCUT2D eigenvalue weighted by Gasteiger charge is -2.29. The number of carbonyl (C=O) groups is 2. The van der Waals surface area contributed by atoms with Gasteiger partial charge in [-0.1, -0.05) is 13.8 Å². The summed E-state index contributed by atoms with van der Waals surface area (Å²) < 4.78 is 0. The summed E-state index contributed by atoms with van der Waals surface area (Å²) in [7, 11) is 3.38. The Labute approximate surface area is 85.7 Å². The van der Waals surface area contributed by atoms with Crippen LogP contribution in [-0.4, -0.2) is 43.3 Å². The Hall–Kier alpha value is -0.900. The van der Waals surface area contributed by atoms with Crippen LogP contribution in [0.5, 0.6) is 0 Å².